The standard InChI is InChI=1S/C5H9NO4S/c1-6-3(4(7)8)2-11-5(9)10/h3,6H,2H2,1H3,(H,7,8)(H,9,10)/t3-/m0/s1. The van der Waals surface area contributed by atoms with Crippen LogP contribution in [-0.2, 0) is 4.79 Å². The summed E-state index contributed by atoms with van der Waals surface area (Å²) in [7, 11) is 1.47. The number of rotatable bonds is 4. The molecule has 0 rings (SSSR count). The Balaban J connectivity index is 3.70. The number of nitrogens with one attached hydrogen (secondary N) is 1. The van der Waals surface area contributed by atoms with Crippen LogP contribution in [0.15, 0.2) is 0 Å². The number of aliphatic carboxylic acids is 1. The van der Waals surface area contributed by atoms with Crippen molar-refractivity contribution in [1.29, 1.82) is 0 Å². The first-order chi connectivity index (χ1) is 5.07. The summed E-state index contributed by atoms with van der Waals surface area (Å²) in [4.78, 5) is 20.3. The molecule has 0 aliphatic carbocycles. The van der Waals surface area contributed by atoms with Gasteiger partial charge >= 0.3 is 11.3 Å². The summed E-state index contributed by atoms with van der Waals surface area (Å²) in [6.07, 6.45) is 0. The molecule has 0 aliphatic rings. The van der Waals surface area contributed by atoms with E-state index in [1.54, 1.807) is 0 Å². The van der Waals surface area contributed by atoms with Crippen LogP contribution in [0.1, 0.15) is 0 Å². The maximum atomic E-state index is 10.3. The van der Waals surface area contributed by atoms with Crippen LogP contribution in [0.5, 0.6) is 0 Å². The largest absolute Gasteiger partial charge is 0.480 e. The second-order valence-corrected chi connectivity index (χ2v) is 2.73. The molecule has 0 bridgehead atoms. The minimum Gasteiger partial charge on any atom is -0.480 e. The van der Waals surface area contributed by atoms with Gasteiger partial charge in [0, 0.05) is 5.75 Å². The Morgan fingerprint density at radius 3 is 2.36 bits per heavy atom. The van der Waals surface area contributed by atoms with Crippen LogP contribution in [0.2, 0.25) is 0 Å². The molecule has 0 unspecified atom stereocenters. The predicted octanol–water partition coefficient (Wildman–Crippen LogP) is 0.0702. The Morgan fingerprint density at radius 2 is 2.09 bits per heavy atom. The van der Waals surface area contributed by atoms with E-state index in [-0.39, 0.29) is 5.75 Å². The minimum absolute atomic E-state index is 0.0289. The Hall–Kier alpha value is -0.750. The van der Waals surface area contributed by atoms with Crippen molar-refractivity contribution in [3.05, 3.63) is 0 Å². The van der Waals surface area contributed by atoms with Crippen LogP contribution in [0.4, 0.5) is 4.79 Å². The van der Waals surface area contributed by atoms with Gasteiger partial charge in [0.15, 0.2) is 0 Å². The van der Waals surface area contributed by atoms with Crippen LogP contribution in [0, 0.1) is 0 Å². The molecule has 0 aliphatic heterocycles. The summed E-state index contributed by atoms with van der Waals surface area (Å²) in [6, 6.07) is -0.795. The minimum atomic E-state index is -1.06. The predicted molar refractivity (Wildman–Crippen MR) is 41.0 cm³/mol. The summed E-state index contributed by atoms with van der Waals surface area (Å²) in [6.45, 7) is 0. The highest BCUT2D eigenvalue weighted by atomic mass is 32.2. The van der Waals surface area contributed by atoms with Gasteiger partial charge in [-0.05, 0) is 18.8 Å². The molecule has 11 heavy (non-hydrogen) atoms. The molecule has 0 heterocycles. The topological polar surface area (TPSA) is 86.6 Å². The molecule has 6 heteroatoms. The van der Waals surface area contributed by atoms with E-state index in [1.807, 2.05) is 0 Å². The van der Waals surface area contributed by atoms with Gasteiger partial charge in [-0.25, -0.2) is 4.79 Å². The molecule has 3 N–H and O–H groups in total. The van der Waals surface area contributed by atoms with Crippen LogP contribution in [-0.4, -0.2) is 40.3 Å². The number of carboxylic acids is 1. The van der Waals surface area contributed by atoms with Crippen molar-refractivity contribution < 1.29 is 19.8 Å². The van der Waals surface area contributed by atoms with Crippen molar-refractivity contribution in [3.8, 4) is 0 Å². The van der Waals surface area contributed by atoms with Crippen molar-refractivity contribution in [1.82, 2.24) is 5.32 Å². The van der Waals surface area contributed by atoms with E-state index >= 15 is 0 Å². The number of carbonyl (C=O) groups is 2. The van der Waals surface area contributed by atoms with E-state index in [4.69, 9.17) is 10.2 Å². The monoisotopic (exact) mass is 179 g/mol. The quantitative estimate of drug-likeness (QED) is 0.566. The van der Waals surface area contributed by atoms with Gasteiger partial charge in [0.2, 0.25) is 0 Å². The molecular formula is C5H9NO4S. The first-order valence-corrected chi connectivity index (χ1v) is 3.82. The number of hydrogen-bond acceptors (Lipinski definition) is 4. The second-order valence-electron chi connectivity index (χ2n) is 1.76. The Labute approximate surface area is 67.8 Å². The molecule has 0 fully saturated rings. The van der Waals surface area contributed by atoms with E-state index in [0.717, 1.165) is 0 Å². The average molecular weight is 179 g/mol. The van der Waals surface area contributed by atoms with Crippen LogP contribution >= 0.6 is 11.8 Å². The highest BCUT2D eigenvalue weighted by molar-refractivity contribution is 8.13. The lowest BCUT2D eigenvalue weighted by Crippen LogP contribution is -2.36. The number of likely N-dealkylation sites (N-methyl/N-ethyl adjacent to an activating group) is 1. The summed E-state index contributed by atoms with van der Waals surface area (Å²) in [5.74, 6) is -1.01. The molecule has 0 amide bonds. The molecular weight excluding hydrogens is 170 g/mol. The van der Waals surface area contributed by atoms with Gasteiger partial charge in [-0.2, -0.15) is 0 Å². The van der Waals surface area contributed by atoms with Crippen LogP contribution in [0.25, 0.3) is 0 Å². The molecule has 0 saturated carbocycles. The molecule has 1 atom stereocenters. The number of hydrogen-bond donors (Lipinski definition) is 3. The second kappa shape index (κ2) is 4.97. The Kier molecular flexibility index (Phi) is 4.64. The van der Waals surface area contributed by atoms with Gasteiger partial charge in [0.25, 0.3) is 0 Å². The van der Waals surface area contributed by atoms with Crippen molar-refractivity contribution >= 4 is 23.0 Å². The molecule has 0 radical (unpaired) electrons. The third kappa shape index (κ3) is 4.63. The zero-order chi connectivity index (χ0) is 8.85. The number of carboxylic acid groups (broad SMARTS) is 2. The molecule has 0 aromatic rings. The van der Waals surface area contributed by atoms with E-state index in [2.05, 4.69) is 5.32 Å². The molecule has 5 nitrogen and oxygen atoms in total. The summed E-state index contributed by atoms with van der Waals surface area (Å²) in [5.41, 5.74) is 0. The first kappa shape index (κ1) is 10.2. The van der Waals surface area contributed by atoms with Crippen molar-refractivity contribution in [2.75, 3.05) is 12.8 Å². The molecule has 0 saturated heterocycles. The van der Waals surface area contributed by atoms with Gasteiger partial charge in [0.05, 0.1) is 0 Å². The Morgan fingerprint density at radius 1 is 1.55 bits per heavy atom. The van der Waals surface area contributed by atoms with Crippen molar-refractivity contribution in [2.45, 2.75) is 6.04 Å². The fourth-order valence-electron chi connectivity index (χ4n) is 0.433. The van der Waals surface area contributed by atoms with Crippen LogP contribution in [0.3, 0.4) is 0 Å². The fraction of sp³-hybridized carbons (Fsp3) is 0.600. The lowest BCUT2D eigenvalue weighted by Gasteiger charge is -2.07. The third-order valence-electron chi connectivity index (χ3n) is 1.02. The lowest BCUT2D eigenvalue weighted by molar-refractivity contribution is -0.138. The van der Waals surface area contributed by atoms with Gasteiger partial charge in [-0.15, -0.1) is 0 Å². The zero-order valence-electron chi connectivity index (χ0n) is 5.90. The molecule has 0 aromatic carbocycles. The SMILES string of the molecule is CN[C@@H](CSC(=O)O)C(=O)O. The summed E-state index contributed by atoms with van der Waals surface area (Å²) in [5, 5.41) is 18.0. The fourth-order valence-corrected chi connectivity index (χ4v) is 1.05. The highest BCUT2D eigenvalue weighted by Gasteiger charge is 2.15. The maximum absolute atomic E-state index is 10.3. The van der Waals surface area contributed by atoms with Gasteiger partial charge in [0.1, 0.15) is 6.04 Å². The normalized spacial score (nSPS) is 12.5. The first-order valence-electron chi connectivity index (χ1n) is 2.83. The van der Waals surface area contributed by atoms with E-state index in [1.165, 1.54) is 7.05 Å². The van der Waals surface area contributed by atoms with Crippen LogP contribution < -0.4 is 5.32 Å². The Bertz CT molecular complexity index is 161. The molecule has 0 spiro atoms. The third-order valence-corrected chi connectivity index (χ3v) is 1.77. The lowest BCUT2D eigenvalue weighted by atomic mass is 10.3. The zero-order valence-corrected chi connectivity index (χ0v) is 6.72. The van der Waals surface area contributed by atoms with E-state index < -0.39 is 17.3 Å². The summed E-state index contributed by atoms with van der Waals surface area (Å²) >= 11 is 0.566. The van der Waals surface area contributed by atoms with Gasteiger partial charge in [-0.3, -0.25) is 4.79 Å². The smallest absolute Gasteiger partial charge is 0.364 e. The van der Waals surface area contributed by atoms with Gasteiger partial charge < -0.3 is 15.5 Å². The van der Waals surface area contributed by atoms with E-state index in [0.29, 0.717) is 11.8 Å². The van der Waals surface area contributed by atoms with E-state index in [9.17, 15) is 9.59 Å². The summed E-state index contributed by atoms with van der Waals surface area (Å²) < 4.78 is 0. The number of thioether (sulfide) groups is 1. The van der Waals surface area contributed by atoms with Crippen molar-refractivity contribution in [3.63, 3.8) is 0 Å². The van der Waals surface area contributed by atoms with Gasteiger partial charge in [-0.1, -0.05) is 0 Å². The average Bonchev–Trinajstić information content (AvgIpc) is 1.87. The highest BCUT2D eigenvalue weighted by Crippen LogP contribution is 2.03. The molecule has 0 aromatic heterocycles. The maximum Gasteiger partial charge on any atom is 0.364 e. The van der Waals surface area contributed by atoms with Crippen molar-refractivity contribution in [2.24, 2.45) is 0 Å². The molecule has 64 valence electrons.